The summed E-state index contributed by atoms with van der Waals surface area (Å²) in [6.45, 7) is 1.98. The van der Waals surface area contributed by atoms with Gasteiger partial charge in [-0.1, -0.05) is 30.3 Å². The highest BCUT2D eigenvalue weighted by Gasteiger charge is 2.07. The predicted octanol–water partition coefficient (Wildman–Crippen LogP) is 3.03. The number of aliphatic hydroxyl groups excluding tert-OH is 1. The molecule has 0 fully saturated rings. The lowest BCUT2D eigenvalue weighted by Gasteiger charge is -2.03. The number of benzene rings is 2. The number of hydrogen-bond donors (Lipinski definition) is 2. The summed E-state index contributed by atoms with van der Waals surface area (Å²) in [6.07, 6.45) is 0. The number of aromatic nitrogens is 2. The molecule has 3 nitrogen and oxygen atoms in total. The summed E-state index contributed by atoms with van der Waals surface area (Å²) >= 11 is 0. The van der Waals surface area contributed by atoms with Gasteiger partial charge in [0, 0.05) is 0 Å². The smallest absolute Gasteiger partial charge is 0.133 e. The Bertz CT molecular complexity index is 686. The number of fused-ring (bicyclic) bond motifs is 1. The zero-order valence-electron chi connectivity index (χ0n) is 10.1. The number of rotatable bonds is 2. The largest absolute Gasteiger partial charge is 0.388 e. The molecule has 0 spiro atoms. The lowest BCUT2D eigenvalue weighted by atomic mass is 10.0. The van der Waals surface area contributed by atoms with Crippen LogP contribution in [0.5, 0.6) is 0 Å². The summed E-state index contributed by atoms with van der Waals surface area (Å²) in [6, 6.07) is 14.4. The number of hydrogen-bond acceptors (Lipinski definition) is 2. The molecule has 0 aliphatic rings. The Hall–Kier alpha value is -2.13. The summed E-state index contributed by atoms with van der Waals surface area (Å²) in [5.41, 5.74) is 5.36. The van der Waals surface area contributed by atoms with Crippen molar-refractivity contribution in [1.82, 2.24) is 9.97 Å². The average molecular weight is 238 g/mol. The number of imidazole rings is 1. The molecule has 2 aromatic carbocycles. The molecule has 3 aromatic rings. The van der Waals surface area contributed by atoms with Gasteiger partial charge in [0.25, 0.3) is 0 Å². The minimum Gasteiger partial charge on any atom is -0.388 e. The summed E-state index contributed by atoms with van der Waals surface area (Å²) in [5, 5.41) is 9.12. The molecule has 0 saturated heterocycles. The van der Waals surface area contributed by atoms with Gasteiger partial charge in [0.2, 0.25) is 0 Å². The van der Waals surface area contributed by atoms with E-state index in [1.807, 2.05) is 25.1 Å². The third-order valence-corrected chi connectivity index (χ3v) is 3.08. The maximum atomic E-state index is 9.12. The molecule has 90 valence electrons. The minimum atomic E-state index is -0.0607. The van der Waals surface area contributed by atoms with Gasteiger partial charge < -0.3 is 10.1 Å². The Kier molecular flexibility index (Phi) is 2.61. The standard InChI is InChI=1S/C15H14N2O/c1-10-7-12(11-5-3-2-4-6-11)8-13-15(10)17-14(9-18)16-13/h2-8,18H,9H2,1H3,(H,16,17). The molecule has 18 heavy (non-hydrogen) atoms. The molecule has 0 bridgehead atoms. The van der Waals surface area contributed by atoms with Gasteiger partial charge in [0.15, 0.2) is 0 Å². The molecule has 0 radical (unpaired) electrons. The summed E-state index contributed by atoms with van der Waals surface area (Å²) < 4.78 is 0. The molecule has 0 atom stereocenters. The van der Waals surface area contributed by atoms with Gasteiger partial charge in [0.05, 0.1) is 11.0 Å². The first-order valence-corrected chi connectivity index (χ1v) is 5.93. The SMILES string of the molecule is Cc1cc(-c2ccccc2)cc2[nH]c(CO)nc12. The first kappa shape index (κ1) is 11.0. The van der Waals surface area contributed by atoms with Gasteiger partial charge in [0.1, 0.15) is 12.4 Å². The van der Waals surface area contributed by atoms with Crippen LogP contribution in [0.1, 0.15) is 11.4 Å². The van der Waals surface area contributed by atoms with Crippen molar-refractivity contribution in [2.45, 2.75) is 13.5 Å². The lowest BCUT2D eigenvalue weighted by molar-refractivity contribution is 0.273. The van der Waals surface area contributed by atoms with E-state index >= 15 is 0 Å². The van der Waals surface area contributed by atoms with E-state index in [0.29, 0.717) is 5.82 Å². The van der Waals surface area contributed by atoms with Gasteiger partial charge in [-0.25, -0.2) is 4.98 Å². The van der Waals surface area contributed by atoms with Gasteiger partial charge in [-0.3, -0.25) is 0 Å². The summed E-state index contributed by atoms with van der Waals surface area (Å²) in [4.78, 5) is 7.50. The number of H-pyrrole nitrogens is 1. The van der Waals surface area contributed by atoms with Crippen molar-refractivity contribution in [2.75, 3.05) is 0 Å². The maximum absolute atomic E-state index is 9.12. The normalized spacial score (nSPS) is 11.0. The molecule has 1 aromatic heterocycles. The Morgan fingerprint density at radius 1 is 1.11 bits per heavy atom. The van der Waals surface area contributed by atoms with Crippen molar-refractivity contribution in [3.63, 3.8) is 0 Å². The van der Waals surface area contributed by atoms with E-state index in [0.717, 1.165) is 22.2 Å². The monoisotopic (exact) mass is 238 g/mol. The minimum absolute atomic E-state index is 0.0607. The second-order valence-electron chi connectivity index (χ2n) is 4.40. The maximum Gasteiger partial charge on any atom is 0.133 e. The van der Waals surface area contributed by atoms with E-state index in [-0.39, 0.29) is 6.61 Å². The third kappa shape index (κ3) is 1.79. The topological polar surface area (TPSA) is 48.9 Å². The molecule has 0 aliphatic heterocycles. The molecule has 0 saturated carbocycles. The number of aryl methyl sites for hydroxylation is 1. The average Bonchev–Trinajstić information content (AvgIpc) is 2.83. The van der Waals surface area contributed by atoms with Gasteiger partial charge in [-0.2, -0.15) is 0 Å². The van der Waals surface area contributed by atoms with Crippen molar-refractivity contribution < 1.29 is 5.11 Å². The molecule has 3 rings (SSSR count). The third-order valence-electron chi connectivity index (χ3n) is 3.08. The van der Waals surface area contributed by atoms with Crippen molar-refractivity contribution >= 4 is 11.0 Å². The van der Waals surface area contributed by atoms with Crippen LogP contribution in [0.2, 0.25) is 0 Å². The Balaban J connectivity index is 2.21. The predicted molar refractivity (Wildman–Crippen MR) is 72.2 cm³/mol. The number of nitrogens with one attached hydrogen (secondary N) is 1. The lowest BCUT2D eigenvalue weighted by Crippen LogP contribution is -1.83. The van der Waals surface area contributed by atoms with Crippen LogP contribution < -0.4 is 0 Å². The number of aromatic amines is 1. The van der Waals surface area contributed by atoms with Crippen LogP contribution in [-0.2, 0) is 6.61 Å². The Morgan fingerprint density at radius 3 is 2.61 bits per heavy atom. The van der Waals surface area contributed by atoms with E-state index < -0.39 is 0 Å². The zero-order chi connectivity index (χ0) is 12.5. The molecular formula is C15H14N2O. The second kappa shape index (κ2) is 4.27. The molecule has 0 aliphatic carbocycles. The first-order chi connectivity index (χ1) is 8.78. The summed E-state index contributed by atoms with van der Waals surface area (Å²) in [7, 11) is 0. The molecule has 0 amide bonds. The van der Waals surface area contributed by atoms with E-state index in [1.54, 1.807) is 0 Å². The van der Waals surface area contributed by atoms with E-state index in [1.165, 1.54) is 5.56 Å². The number of nitrogens with zero attached hydrogens (tertiary/aromatic N) is 1. The van der Waals surface area contributed by atoms with Crippen LogP contribution in [-0.4, -0.2) is 15.1 Å². The summed E-state index contributed by atoms with van der Waals surface area (Å²) in [5.74, 6) is 0.610. The van der Waals surface area contributed by atoms with Crippen LogP contribution in [0.3, 0.4) is 0 Å². The zero-order valence-corrected chi connectivity index (χ0v) is 10.1. The van der Waals surface area contributed by atoms with Crippen LogP contribution in [0.15, 0.2) is 42.5 Å². The fourth-order valence-electron chi connectivity index (χ4n) is 2.21. The first-order valence-electron chi connectivity index (χ1n) is 5.93. The Morgan fingerprint density at radius 2 is 1.89 bits per heavy atom. The van der Waals surface area contributed by atoms with Crippen LogP contribution in [0, 0.1) is 6.92 Å². The highest BCUT2D eigenvalue weighted by molar-refractivity contribution is 5.85. The van der Waals surface area contributed by atoms with Crippen LogP contribution in [0.4, 0.5) is 0 Å². The molecular weight excluding hydrogens is 224 g/mol. The molecule has 0 unspecified atom stereocenters. The van der Waals surface area contributed by atoms with Gasteiger partial charge in [-0.05, 0) is 35.7 Å². The molecule has 2 N–H and O–H groups in total. The van der Waals surface area contributed by atoms with Gasteiger partial charge >= 0.3 is 0 Å². The highest BCUT2D eigenvalue weighted by Crippen LogP contribution is 2.26. The quantitative estimate of drug-likeness (QED) is 0.721. The number of aliphatic hydroxyl groups is 1. The Labute approximate surface area is 105 Å². The molecule has 3 heteroatoms. The fourth-order valence-corrected chi connectivity index (χ4v) is 2.21. The van der Waals surface area contributed by atoms with E-state index in [2.05, 4.69) is 34.2 Å². The molecule has 1 heterocycles. The van der Waals surface area contributed by atoms with E-state index in [9.17, 15) is 0 Å². The van der Waals surface area contributed by atoms with E-state index in [4.69, 9.17) is 5.11 Å². The van der Waals surface area contributed by atoms with Crippen molar-refractivity contribution in [2.24, 2.45) is 0 Å². The second-order valence-corrected chi connectivity index (χ2v) is 4.40. The fraction of sp³-hybridized carbons (Fsp3) is 0.133. The van der Waals surface area contributed by atoms with Crippen molar-refractivity contribution in [3.8, 4) is 11.1 Å². The van der Waals surface area contributed by atoms with Crippen molar-refractivity contribution in [1.29, 1.82) is 0 Å². The van der Waals surface area contributed by atoms with Crippen LogP contribution >= 0.6 is 0 Å². The van der Waals surface area contributed by atoms with Crippen LogP contribution in [0.25, 0.3) is 22.2 Å². The van der Waals surface area contributed by atoms with Gasteiger partial charge in [-0.15, -0.1) is 0 Å². The highest BCUT2D eigenvalue weighted by atomic mass is 16.3. The van der Waals surface area contributed by atoms with Crippen molar-refractivity contribution in [3.05, 3.63) is 53.9 Å².